The number of aliphatic hydroxyl groups excluding tert-OH is 1. The van der Waals surface area contributed by atoms with Crippen LogP contribution in [0.5, 0.6) is 0 Å². The van der Waals surface area contributed by atoms with Crippen LogP contribution in [0.2, 0.25) is 0 Å². The first-order valence-corrected chi connectivity index (χ1v) is 6.86. The molecule has 1 aliphatic rings. The molecule has 0 fully saturated rings. The molecule has 4 heteroatoms. The molecule has 0 radical (unpaired) electrons. The first kappa shape index (κ1) is 14.0. The molecule has 0 aliphatic heterocycles. The Balaban J connectivity index is 2.09. The zero-order valence-electron chi connectivity index (χ0n) is 11.5. The molecule has 4 nitrogen and oxygen atoms in total. The molecule has 19 heavy (non-hydrogen) atoms. The number of aliphatic hydroxyl groups is 1. The summed E-state index contributed by atoms with van der Waals surface area (Å²) >= 11 is 0. The third-order valence-corrected chi connectivity index (χ3v) is 4.06. The number of hydrogen-bond donors (Lipinski definition) is 3. The highest BCUT2D eigenvalue weighted by molar-refractivity contribution is 5.82. The van der Waals surface area contributed by atoms with E-state index < -0.39 is 12.1 Å². The largest absolute Gasteiger partial charge is 0.390 e. The Morgan fingerprint density at radius 2 is 2.21 bits per heavy atom. The number of amides is 1. The van der Waals surface area contributed by atoms with Crippen molar-refractivity contribution in [2.45, 2.75) is 44.9 Å². The zero-order chi connectivity index (χ0) is 14.0. The number of carbonyl (C=O) groups excluding carboxylic acids is 1. The molecule has 1 aliphatic carbocycles. The highest BCUT2D eigenvalue weighted by Crippen LogP contribution is 2.31. The number of hydrogen-bond acceptors (Lipinski definition) is 3. The fourth-order valence-electron chi connectivity index (χ4n) is 2.51. The van der Waals surface area contributed by atoms with Crippen molar-refractivity contribution in [3.05, 3.63) is 35.4 Å². The van der Waals surface area contributed by atoms with Gasteiger partial charge in [-0.25, -0.2) is 0 Å². The van der Waals surface area contributed by atoms with Gasteiger partial charge in [0.05, 0.1) is 18.2 Å². The molecule has 0 aromatic heterocycles. The summed E-state index contributed by atoms with van der Waals surface area (Å²) in [5.74, 6) is -0.0520. The van der Waals surface area contributed by atoms with E-state index in [-0.39, 0.29) is 17.9 Å². The highest BCUT2D eigenvalue weighted by Gasteiger charge is 2.33. The van der Waals surface area contributed by atoms with Crippen LogP contribution in [0.1, 0.15) is 37.4 Å². The molecular weight excluding hydrogens is 240 g/mol. The van der Waals surface area contributed by atoms with Gasteiger partial charge in [-0.1, -0.05) is 44.5 Å². The van der Waals surface area contributed by atoms with Crippen molar-refractivity contribution >= 4 is 5.91 Å². The Labute approximate surface area is 114 Å². The molecule has 4 atom stereocenters. The van der Waals surface area contributed by atoms with Gasteiger partial charge in [-0.05, 0) is 17.0 Å². The maximum absolute atomic E-state index is 12.1. The van der Waals surface area contributed by atoms with Crippen molar-refractivity contribution in [1.29, 1.82) is 0 Å². The van der Waals surface area contributed by atoms with E-state index >= 15 is 0 Å². The van der Waals surface area contributed by atoms with Gasteiger partial charge in [-0.15, -0.1) is 0 Å². The normalized spacial score (nSPS) is 24.6. The maximum Gasteiger partial charge on any atom is 0.237 e. The lowest BCUT2D eigenvalue weighted by atomic mass is 9.98. The first-order chi connectivity index (χ1) is 9.04. The molecule has 1 amide bonds. The molecule has 0 bridgehead atoms. The lowest BCUT2D eigenvalue weighted by molar-refractivity contribution is -0.124. The second-order valence-corrected chi connectivity index (χ2v) is 5.37. The molecule has 1 unspecified atom stereocenters. The molecule has 0 saturated heterocycles. The summed E-state index contributed by atoms with van der Waals surface area (Å²) in [6.07, 6.45) is 0.878. The van der Waals surface area contributed by atoms with Gasteiger partial charge in [-0.3, -0.25) is 4.79 Å². The van der Waals surface area contributed by atoms with Crippen LogP contribution < -0.4 is 11.1 Å². The second-order valence-electron chi connectivity index (χ2n) is 5.37. The van der Waals surface area contributed by atoms with Crippen molar-refractivity contribution in [2.24, 2.45) is 11.7 Å². The minimum Gasteiger partial charge on any atom is -0.390 e. The summed E-state index contributed by atoms with van der Waals surface area (Å²) in [4.78, 5) is 12.1. The van der Waals surface area contributed by atoms with Crippen LogP contribution in [0.3, 0.4) is 0 Å². The summed E-state index contributed by atoms with van der Waals surface area (Å²) in [6.45, 7) is 3.97. The smallest absolute Gasteiger partial charge is 0.237 e. The van der Waals surface area contributed by atoms with Gasteiger partial charge in [0.25, 0.3) is 0 Å². The minimum atomic E-state index is -0.564. The average Bonchev–Trinajstić information content (AvgIpc) is 2.73. The van der Waals surface area contributed by atoms with E-state index in [1.807, 2.05) is 38.1 Å². The van der Waals surface area contributed by atoms with Crippen LogP contribution in [-0.4, -0.2) is 23.2 Å². The first-order valence-electron chi connectivity index (χ1n) is 6.86. The van der Waals surface area contributed by atoms with E-state index in [2.05, 4.69) is 5.32 Å². The Morgan fingerprint density at radius 1 is 1.53 bits per heavy atom. The predicted octanol–water partition coefficient (Wildman–Crippen LogP) is 1.13. The predicted molar refractivity (Wildman–Crippen MR) is 74.5 cm³/mol. The number of nitrogens with one attached hydrogen (secondary N) is 1. The van der Waals surface area contributed by atoms with Gasteiger partial charge >= 0.3 is 0 Å². The summed E-state index contributed by atoms with van der Waals surface area (Å²) in [5, 5.41) is 13.0. The van der Waals surface area contributed by atoms with Crippen LogP contribution >= 0.6 is 0 Å². The number of carbonyl (C=O) groups is 1. The van der Waals surface area contributed by atoms with Crippen LogP contribution in [0.4, 0.5) is 0 Å². The molecule has 4 N–H and O–H groups in total. The molecule has 0 spiro atoms. The van der Waals surface area contributed by atoms with Crippen LogP contribution in [0, 0.1) is 5.92 Å². The van der Waals surface area contributed by atoms with Crippen LogP contribution in [0.15, 0.2) is 24.3 Å². The Kier molecular flexibility index (Phi) is 4.22. The van der Waals surface area contributed by atoms with E-state index in [1.165, 1.54) is 0 Å². The Hall–Kier alpha value is -1.39. The Bertz CT molecular complexity index is 461. The van der Waals surface area contributed by atoms with Gasteiger partial charge in [0.1, 0.15) is 0 Å². The van der Waals surface area contributed by atoms with E-state index in [0.717, 1.165) is 17.5 Å². The highest BCUT2D eigenvalue weighted by atomic mass is 16.3. The lowest BCUT2D eigenvalue weighted by Crippen LogP contribution is -2.47. The van der Waals surface area contributed by atoms with Crippen molar-refractivity contribution in [3.63, 3.8) is 0 Å². The van der Waals surface area contributed by atoms with E-state index in [9.17, 15) is 9.90 Å². The zero-order valence-corrected chi connectivity index (χ0v) is 11.5. The number of rotatable bonds is 4. The maximum atomic E-state index is 12.1. The molecule has 1 aromatic carbocycles. The fourth-order valence-corrected chi connectivity index (χ4v) is 2.51. The quantitative estimate of drug-likeness (QED) is 0.761. The number of fused-ring (bicyclic) bond motifs is 1. The third-order valence-electron chi connectivity index (χ3n) is 4.06. The van der Waals surface area contributed by atoms with E-state index in [1.54, 1.807) is 0 Å². The summed E-state index contributed by atoms with van der Waals surface area (Å²) < 4.78 is 0. The fraction of sp³-hybridized carbons (Fsp3) is 0.533. The van der Waals surface area contributed by atoms with E-state index in [0.29, 0.717) is 6.42 Å². The monoisotopic (exact) mass is 262 g/mol. The van der Waals surface area contributed by atoms with E-state index in [4.69, 9.17) is 5.73 Å². The summed E-state index contributed by atoms with van der Waals surface area (Å²) in [7, 11) is 0. The number of benzene rings is 1. The molecule has 2 rings (SSSR count). The molecule has 104 valence electrons. The van der Waals surface area contributed by atoms with Crippen molar-refractivity contribution in [3.8, 4) is 0 Å². The van der Waals surface area contributed by atoms with Gasteiger partial charge in [0, 0.05) is 6.42 Å². The van der Waals surface area contributed by atoms with Gasteiger partial charge in [0.2, 0.25) is 5.91 Å². The topological polar surface area (TPSA) is 75.4 Å². The second kappa shape index (κ2) is 5.72. The van der Waals surface area contributed by atoms with Gasteiger partial charge in [0.15, 0.2) is 0 Å². The lowest BCUT2D eigenvalue weighted by Gasteiger charge is -2.23. The van der Waals surface area contributed by atoms with Crippen LogP contribution in [0.25, 0.3) is 0 Å². The summed E-state index contributed by atoms with van der Waals surface area (Å²) in [6, 6.07) is 6.94. The molecule has 1 aromatic rings. The van der Waals surface area contributed by atoms with Gasteiger partial charge in [-0.2, -0.15) is 0 Å². The third kappa shape index (κ3) is 2.80. The number of nitrogens with two attached hydrogens (primary N) is 1. The molecule has 0 saturated carbocycles. The van der Waals surface area contributed by atoms with Gasteiger partial charge < -0.3 is 16.2 Å². The van der Waals surface area contributed by atoms with Crippen molar-refractivity contribution < 1.29 is 9.90 Å². The minimum absolute atomic E-state index is 0.133. The Morgan fingerprint density at radius 3 is 2.89 bits per heavy atom. The molecular formula is C15H22N2O2. The van der Waals surface area contributed by atoms with Crippen molar-refractivity contribution in [1.82, 2.24) is 5.32 Å². The SMILES string of the molecule is CCC(C)[C@H](N)C(=O)N[C@@H]1c2ccccc2C[C@@H]1O. The van der Waals surface area contributed by atoms with Crippen LogP contribution in [-0.2, 0) is 11.2 Å². The average molecular weight is 262 g/mol. The molecule has 0 heterocycles. The summed E-state index contributed by atoms with van der Waals surface area (Å²) in [5.41, 5.74) is 8.02. The standard InChI is InChI=1S/C15H22N2O2/c1-3-9(2)13(16)15(19)17-14-11-7-5-4-6-10(11)8-12(14)18/h4-7,9,12-14,18H,3,8,16H2,1-2H3,(H,17,19)/t9?,12-,13-,14+/m0/s1. The van der Waals surface area contributed by atoms with Crippen molar-refractivity contribution in [2.75, 3.05) is 0 Å².